The summed E-state index contributed by atoms with van der Waals surface area (Å²) < 4.78 is 26.3. The van der Waals surface area contributed by atoms with E-state index in [1.807, 2.05) is 0 Å². The van der Waals surface area contributed by atoms with Crippen LogP contribution in [0, 0.1) is 0 Å². The van der Waals surface area contributed by atoms with Gasteiger partial charge in [0, 0.05) is 12.1 Å². The van der Waals surface area contributed by atoms with Crippen LogP contribution in [0.5, 0.6) is 0 Å². The number of hydrogen-bond acceptors (Lipinski definition) is 3. The van der Waals surface area contributed by atoms with Crippen molar-refractivity contribution in [3.8, 4) is 0 Å². The number of nitrogens with one attached hydrogen (secondary N) is 1. The molecule has 0 spiro atoms. The maximum atomic E-state index is 11.1. The summed E-state index contributed by atoms with van der Waals surface area (Å²) in [5, 5.41) is 0. The second-order valence-corrected chi connectivity index (χ2v) is 4.06. The lowest BCUT2D eigenvalue weighted by Crippen LogP contribution is -2.05. The molecule has 0 saturated carbocycles. The number of carbonyl (C=O) groups is 1. The molecular formula is C11H15NO4S. The summed E-state index contributed by atoms with van der Waals surface area (Å²) in [4.78, 5) is 11.1. The van der Waals surface area contributed by atoms with E-state index in [1.165, 1.54) is 0 Å². The minimum atomic E-state index is -2.06. The second-order valence-electron chi connectivity index (χ2n) is 3.35. The van der Waals surface area contributed by atoms with Crippen LogP contribution in [0.3, 0.4) is 0 Å². The van der Waals surface area contributed by atoms with Crippen molar-refractivity contribution in [1.82, 2.24) is 0 Å². The van der Waals surface area contributed by atoms with Crippen LogP contribution < -0.4 is 4.72 Å². The Balaban J connectivity index is 2.45. The molecule has 1 aromatic rings. The average molecular weight is 257 g/mol. The van der Waals surface area contributed by atoms with Crippen molar-refractivity contribution in [2.24, 2.45) is 0 Å². The molecule has 0 radical (unpaired) electrons. The molecule has 17 heavy (non-hydrogen) atoms. The SMILES string of the molecule is CCOC(=O)CCc1ccc(NS(=O)O)cc1. The smallest absolute Gasteiger partial charge is 0.306 e. The molecule has 0 fully saturated rings. The van der Waals surface area contributed by atoms with Gasteiger partial charge in [-0.3, -0.25) is 14.1 Å². The Kier molecular flexibility index (Phi) is 5.65. The van der Waals surface area contributed by atoms with E-state index in [1.54, 1.807) is 31.2 Å². The number of aryl methyl sites for hydroxylation is 1. The van der Waals surface area contributed by atoms with Gasteiger partial charge in [0.15, 0.2) is 0 Å². The highest BCUT2D eigenvalue weighted by Crippen LogP contribution is 2.11. The molecule has 0 heterocycles. The number of anilines is 1. The van der Waals surface area contributed by atoms with Crippen LogP contribution in [-0.4, -0.2) is 21.3 Å². The predicted octanol–water partition coefficient (Wildman–Crippen LogP) is 1.73. The number of rotatable bonds is 6. The Hall–Kier alpha value is -1.40. The van der Waals surface area contributed by atoms with Gasteiger partial charge in [-0.1, -0.05) is 12.1 Å². The highest BCUT2D eigenvalue weighted by atomic mass is 32.2. The zero-order valence-electron chi connectivity index (χ0n) is 9.51. The second kappa shape index (κ2) is 7.03. The van der Waals surface area contributed by atoms with Crippen molar-refractivity contribution in [2.45, 2.75) is 19.8 Å². The molecule has 1 aromatic carbocycles. The van der Waals surface area contributed by atoms with Gasteiger partial charge < -0.3 is 4.74 Å². The Bertz CT molecular complexity index is 391. The van der Waals surface area contributed by atoms with Gasteiger partial charge in [0.2, 0.25) is 0 Å². The summed E-state index contributed by atoms with van der Waals surface area (Å²) in [6, 6.07) is 6.98. The van der Waals surface area contributed by atoms with Crippen LogP contribution in [0.4, 0.5) is 5.69 Å². The van der Waals surface area contributed by atoms with Gasteiger partial charge in [0.05, 0.1) is 6.61 Å². The number of hydrogen-bond donors (Lipinski definition) is 2. The van der Waals surface area contributed by atoms with E-state index >= 15 is 0 Å². The molecule has 0 aliphatic heterocycles. The Labute approximate surface area is 103 Å². The topological polar surface area (TPSA) is 75.6 Å². The number of benzene rings is 1. The molecule has 0 aromatic heterocycles. The van der Waals surface area contributed by atoms with Crippen LogP contribution in [0.15, 0.2) is 24.3 Å². The molecule has 1 unspecified atom stereocenters. The lowest BCUT2D eigenvalue weighted by Gasteiger charge is -2.04. The largest absolute Gasteiger partial charge is 0.466 e. The van der Waals surface area contributed by atoms with E-state index in [2.05, 4.69) is 4.72 Å². The minimum absolute atomic E-state index is 0.217. The van der Waals surface area contributed by atoms with Gasteiger partial charge in [-0.2, -0.15) is 0 Å². The van der Waals surface area contributed by atoms with Crippen molar-refractivity contribution in [1.29, 1.82) is 0 Å². The van der Waals surface area contributed by atoms with Crippen LogP contribution in [0.2, 0.25) is 0 Å². The van der Waals surface area contributed by atoms with E-state index in [0.717, 1.165) is 5.56 Å². The van der Waals surface area contributed by atoms with Crippen LogP contribution >= 0.6 is 0 Å². The van der Waals surface area contributed by atoms with Crippen LogP contribution in [0.1, 0.15) is 18.9 Å². The molecule has 0 saturated heterocycles. The van der Waals surface area contributed by atoms with Gasteiger partial charge in [-0.05, 0) is 31.0 Å². The first-order valence-electron chi connectivity index (χ1n) is 5.24. The monoisotopic (exact) mass is 257 g/mol. The predicted molar refractivity (Wildman–Crippen MR) is 65.8 cm³/mol. The van der Waals surface area contributed by atoms with E-state index in [9.17, 15) is 9.00 Å². The molecule has 0 amide bonds. The summed E-state index contributed by atoms with van der Waals surface area (Å²) in [7, 11) is 0. The van der Waals surface area contributed by atoms with Crippen molar-refractivity contribution >= 4 is 22.9 Å². The summed E-state index contributed by atoms with van der Waals surface area (Å²) in [6.45, 7) is 2.16. The lowest BCUT2D eigenvalue weighted by molar-refractivity contribution is -0.143. The van der Waals surface area contributed by atoms with Crippen LogP contribution in [0.25, 0.3) is 0 Å². The first-order valence-corrected chi connectivity index (χ1v) is 6.34. The summed E-state index contributed by atoms with van der Waals surface area (Å²) >= 11 is -2.06. The summed E-state index contributed by atoms with van der Waals surface area (Å²) in [5.74, 6) is -0.217. The molecule has 94 valence electrons. The molecule has 1 atom stereocenters. The third-order valence-electron chi connectivity index (χ3n) is 2.08. The quantitative estimate of drug-likeness (QED) is 0.601. The number of esters is 1. The fourth-order valence-corrected chi connectivity index (χ4v) is 1.66. The lowest BCUT2D eigenvalue weighted by atomic mass is 10.1. The third kappa shape index (κ3) is 5.46. The van der Waals surface area contributed by atoms with Crippen LogP contribution in [-0.2, 0) is 27.2 Å². The molecule has 6 heteroatoms. The van der Waals surface area contributed by atoms with Crippen molar-refractivity contribution in [3.05, 3.63) is 29.8 Å². The van der Waals surface area contributed by atoms with Gasteiger partial charge >= 0.3 is 5.97 Å². The standard InChI is InChI=1S/C11H15NO4S/c1-2-16-11(13)8-5-9-3-6-10(7-4-9)12-17(14)15/h3-4,6-7,12H,2,5,8H2,1H3,(H,14,15). The van der Waals surface area contributed by atoms with E-state index in [4.69, 9.17) is 9.29 Å². The zero-order valence-corrected chi connectivity index (χ0v) is 10.3. The average Bonchev–Trinajstić information content (AvgIpc) is 2.28. The van der Waals surface area contributed by atoms with E-state index < -0.39 is 11.3 Å². The van der Waals surface area contributed by atoms with Gasteiger partial charge in [-0.15, -0.1) is 0 Å². The van der Waals surface area contributed by atoms with Gasteiger partial charge in [0.25, 0.3) is 11.3 Å². The molecule has 1 rings (SSSR count). The first kappa shape index (κ1) is 13.7. The van der Waals surface area contributed by atoms with Gasteiger partial charge in [-0.25, -0.2) is 4.21 Å². The maximum Gasteiger partial charge on any atom is 0.306 e. The van der Waals surface area contributed by atoms with Crippen molar-refractivity contribution in [2.75, 3.05) is 11.3 Å². The van der Waals surface area contributed by atoms with E-state index in [0.29, 0.717) is 25.1 Å². The molecule has 5 nitrogen and oxygen atoms in total. The first-order chi connectivity index (χ1) is 8.11. The Morgan fingerprint density at radius 2 is 2.06 bits per heavy atom. The molecule has 0 bridgehead atoms. The highest BCUT2D eigenvalue weighted by molar-refractivity contribution is 7.80. The number of ether oxygens (including phenoxy) is 1. The van der Waals surface area contributed by atoms with Crippen molar-refractivity contribution < 1.29 is 18.3 Å². The van der Waals surface area contributed by atoms with E-state index in [-0.39, 0.29) is 5.97 Å². The molecule has 0 aliphatic carbocycles. The highest BCUT2D eigenvalue weighted by Gasteiger charge is 2.02. The maximum absolute atomic E-state index is 11.1. The fraction of sp³-hybridized carbons (Fsp3) is 0.364. The summed E-state index contributed by atoms with van der Waals surface area (Å²) in [5.41, 5.74) is 1.54. The fourth-order valence-electron chi connectivity index (χ4n) is 1.32. The third-order valence-corrected chi connectivity index (χ3v) is 2.49. The van der Waals surface area contributed by atoms with Gasteiger partial charge in [0.1, 0.15) is 0 Å². The summed E-state index contributed by atoms with van der Waals surface area (Å²) in [6.07, 6.45) is 0.938. The van der Waals surface area contributed by atoms with Crippen molar-refractivity contribution in [3.63, 3.8) is 0 Å². The molecular weight excluding hydrogens is 242 g/mol. The normalized spacial score (nSPS) is 11.9. The number of carbonyl (C=O) groups excluding carboxylic acids is 1. The molecule has 2 N–H and O–H groups in total. The minimum Gasteiger partial charge on any atom is -0.466 e. The Morgan fingerprint density at radius 3 is 2.59 bits per heavy atom. The zero-order chi connectivity index (χ0) is 12.7. The Morgan fingerprint density at radius 1 is 1.41 bits per heavy atom. The molecule has 0 aliphatic rings.